The zero-order chi connectivity index (χ0) is 12.8. The molecule has 0 atom stereocenters. The minimum Gasteiger partial charge on any atom is -0.309 e. The lowest BCUT2D eigenvalue weighted by Gasteiger charge is -2.05. The fourth-order valence-corrected chi connectivity index (χ4v) is 2.30. The molecular weight excluding hydrogens is 356 g/mol. The van der Waals surface area contributed by atoms with Gasteiger partial charge in [-0.05, 0) is 28.8 Å². The first kappa shape index (κ1) is 14.4. The van der Waals surface area contributed by atoms with E-state index in [2.05, 4.69) is 31.9 Å². The van der Waals surface area contributed by atoms with Crippen molar-refractivity contribution < 1.29 is 4.92 Å². The Hall–Kier alpha value is -0.690. The van der Waals surface area contributed by atoms with Crippen LogP contribution in [0.1, 0.15) is 19.3 Å². The lowest BCUT2D eigenvalue weighted by atomic mass is 10.2. The van der Waals surface area contributed by atoms with E-state index >= 15 is 0 Å². The van der Waals surface area contributed by atoms with E-state index < -0.39 is 10.5 Å². The summed E-state index contributed by atoms with van der Waals surface area (Å²) in [6.07, 6.45) is 4.44. The van der Waals surface area contributed by atoms with Gasteiger partial charge in [-0.3, -0.25) is 14.9 Å². The molecule has 0 spiro atoms. The largest absolute Gasteiger partial charge is 0.335 e. The minimum absolute atomic E-state index is 0.389. The number of nitro groups is 1. The first-order chi connectivity index (χ1) is 8.06. The Morgan fingerprint density at radius 2 is 2.06 bits per heavy atom. The SMILES string of the molecule is O=c1c([N+](=O)[O-])cc(Br)cn1CCCCCBr. The van der Waals surface area contributed by atoms with Gasteiger partial charge in [0, 0.05) is 28.6 Å². The predicted molar refractivity (Wildman–Crippen MR) is 72.7 cm³/mol. The molecule has 0 aliphatic carbocycles. The Balaban J connectivity index is 2.85. The highest BCUT2D eigenvalue weighted by atomic mass is 79.9. The van der Waals surface area contributed by atoms with Crippen molar-refractivity contribution in [1.82, 2.24) is 4.57 Å². The molecule has 17 heavy (non-hydrogen) atoms. The van der Waals surface area contributed by atoms with Gasteiger partial charge >= 0.3 is 11.2 Å². The average molecular weight is 368 g/mol. The van der Waals surface area contributed by atoms with Gasteiger partial charge in [0.05, 0.1) is 4.92 Å². The smallest absolute Gasteiger partial charge is 0.309 e. The van der Waals surface area contributed by atoms with Crippen molar-refractivity contribution in [2.24, 2.45) is 0 Å². The summed E-state index contributed by atoms with van der Waals surface area (Å²) in [5.74, 6) is 0. The highest BCUT2D eigenvalue weighted by molar-refractivity contribution is 9.10. The molecule has 0 amide bonds. The van der Waals surface area contributed by atoms with Crippen molar-refractivity contribution in [1.29, 1.82) is 0 Å². The number of hydrogen-bond donors (Lipinski definition) is 0. The zero-order valence-electron chi connectivity index (χ0n) is 9.07. The maximum atomic E-state index is 11.7. The van der Waals surface area contributed by atoms with E-state index in [-0.39, 0.29) is 5.69 Å². The van der Waals surface area contributed by atoms with Gasteiger partial charge in [-0.2, -0.15) is 0 Å². The molecule has 1 heterocycles. The first-order valence-electron chi connectivity index (χ1n) is 5.16. The molecule has 0 saturated heterocycles. The van der Waals surface area contributed by atoms with Crippen LogP contribution in [-0.4, -0.2) is 14.8 Å². The fourth-order valence-electron chi connectivity index (χ4n) is 1.43. The predicted octanol–water partition coefficient (Wildman–Crippen LogP) is 3.08. The number of aromatic nitrogens is 1. The third-order valence-electron chi connectivity index (χ3n) is 2.26. The molecule has 0 aromatic carbocycles. The summed E-state index contributed by atoms with van der Waals surface area (Å²) in [5.41, 5.74) is -0.933. The fraction of sp³-hybridized carbons (Fsp3) is 0.500. The van der Waals surface area contributed by atoms with Crippen molar-refractivity contribution in [2.75, 3.05) is 5.33 Å². The maximum Gasteiger partial charge on any atom is 0.335 e. The lowest BCUT2D eigenvalue weighted by Crippen LogP contribution is -2.22. The first-order valence-corrected chi connectivity index (χ1v) is 7.08. The summed E-state index contributed by atoms with van der Waals surface area (Å²) >= 11 is 6.49. The molecule has 0 fully saturated rings. The molecule has 0 radical (unpaired) electrons. The van der Waals surface area contributed by atoms with Crippen molar-refractivity contribution in [3.8, 4) is 0 Å². The molecule has 7 heteroatoms. The van der Waals surface area contributed by atoms with E-state index in [4.69, 9.17) is 0 Å². The number of alkyl halides is 1. The number of rotatable bonds is 6. The summed E-state index contributed by atoms with van der Waals surface area (Å²) in [6, 6.07) is 1.23. The third-order valence-corrected chi connectivity index (χ3v) is 3.26. The Morgan fingerprint density at radius 3 is 2.65 bits per heavy atom. The molecule has 1 aromatic heterocycles. The van der Waals surface area contributed by atoms with Gasteiger partial charge in [-0.25, -0.2) is 0 Å². The topological polar surface area (TPSA) is 65.1 Å². The standard InChI is InChI=1S/C10H12Br2N2O3/c11-4-2-1-3-5-13-7-8(12)6-9(10(13)15)14(16)17/h6-7H,1-5H2. The summed E-state index contributed by atoms with van der Waals surface area (Å²) in [4.78, 5) is 21.7. The van der Waals surface area contributed by atoms with Crippen molar-refractivity contribution >= 4 is 37.5 Å². The molecule has 0 aliphatic heterocycles. The van der Waals surface area contributed by atoms with Gasteiger partial charge in [0.25, 0.3) is 0 Å². The Bertz CT molecular complexity index is 459. The molecule has 0 saturated carbocycles. The normalized spacial score (nSPS) is 10.5. The van der Waals surface area contributed by atoms with Gasteiger partial charge in [0.15, 0.2) is 0 Å². The number of nitrogens with zero attached hydrogens (tertiary/aromatic N) is 2. The van der Waals surface area contributed by atoms with Crippen LogP contribution in [0.4, 0.5) is 5.69 Å². The molecule has 1 aromatic rings. The molecular formula is C10H12Br2N2O3. The second kappa shape index (κ2) is 6.90. The van der Waals surface area contributed by atoms with Gasteiger partial charge in [0.2, 0.25) is 0 Å². The van der Waals surface area contributed by atoms with Crippen LogP contribution in [0.2, 0.25) is 0 Å². The zero-order valence-corrected chi connectivity index (χ0v) is 12.2. The van der Waals surface area contributed by atoms with E-state index in [1.807, 2.05) is 0 Å². The quantitative estimate of drug-likeness (QED) is 0.336. The van der Waals surface area contributed by atoms with Crippen molar-refractivity contribution in [2.45, 2.75) is 25.8 Å². The monoisotopic (exact) mass is 366 g/mol. The highest BCUT2D eigenvalue weighted by Gasteiger charge is 2.15. The van der Waals surface area contributed by atoms with Crippen molar-refractivity contribution in [3.05, 3.63) is 37.2 Å². The van der Waals surface area contributed by atoms with Crippen LogP contribution in [0, 0.1) is 10.1 Å². The number of unbranched alkanes of at least 4 members (excludes halogenated alkanes) is 2. The van der Waals surface area contributed by atoms with Crippen LogP contribution in [-0.2, 0) is 6.54 Å². The van der Waals surface area contributed by atoms with Crippen LogP contribution in [0.15, 0.2) is 21.5 Å². The van der Waals surface area contributed by atoms with E-state index in [9.17, 15) is 14.9 Å². The van der Waals surface area contributed by atoms with Gasteiger partial charge in [-0.1, -0.05) is 22.4 Å². The Labute approximate surface area is 115 Å². The number of halogens is 2. The van der Waals surface area contributed by atoms with E-state index in [1.54, 1.807) is 6.20 Å². The molecule has 0 aliphatic rings. The van der Waals surface area contributed by atoms with Gasteiger partial charge in [0.1, 0.15) is 0 Å². The Kier molecular flexibility index (Phi) is 5.84. The summed E-state index contributed by atoms with van der Waals surface area (Å²) < 4.78 is 1.93. The second-order valence-corrected chi connectivity index (χ2v) is 5.26. The van der Waals surface area contributed by atoms with E-state index in [1.165, 1.54) is 10.6 Å². The van der Waals surface area contributed by atoms with Crippen LogP contribution in [0.3, 0.4) is 0 Å². The Morgan fingerprint density at radius 1 is 1.35 bits per heavy atom. The molecule has 0 unspecified atom stereocenters. The number of hydrogen-bond acceptors (Lipinski definition) is 3. The highest BCUT2D eigenvalue weighted by Crippen LogP contribution is 2.14. The average Bonchev–Trinajstić information content (AvgIpc) is 2.28. The second-order valence-electron chi connectivity index (χ2n) is 3.55. The lowest BCUT2D eigenvalue weighted by molar-refractivity contribution is -0.386. The van der Waals surface area contributed by atoms with Gasteiger partial charge < -0.3 is 4.57 Å². The number of aryl methyl sites for hydroxylation is 1. The van der Waals surface area contributed by atoms with Crippen LogP contribution >= 0.6 is 31.9 Å². The molecule has 5 nitrogen and oxygen atoms in total. The van der Waals surface area contributed by atoms with Crippen molar-refractivity contribution in [3.63, 3.8) is 0 Å². The minimum atomic E-state index is -0.651. The molecule has 0 N–H and O–H groups in total. The van der Waals surface area contributed by atoms with Crippen LogP contribution < -0.4 is 5.56 Å². The summed E-state index contributed by atoms with van der Waals surface area (Å²) in [5, 5.41) is 11.6. The molecule has 0 bridgehead atoms. The van der Waals surface area contributed by atoms with Crippen LogP contribution in [0.5, 0.6) is 0 Å². The van der Waals surface area contributed by atoms with E-state index in [0.29, 0.717) is 11.0 Å². The van der Waals surface area contributed by atoms with Gasteiger partial charge in [-0.15, -0.1) is 0 Å². The molecule has 1 rings (SSSR count). The summed E-state index contributed by atoms with van der Waals surface area (Å²) in [7, 11) is 0. The summed E-state index contributed by atoms with van der Waals surface area (Å²) in [6.45, 7) is 0.506. The van der Waals surface area contributed by atoms with E-state index in [0.717, 1.165) is 24.6 Å². The number of pyridine rings is 1. The van der Waals surface area contributed by atoms with Crippen LogP contribution in [0.25, 0.3) is 0 Å². The molecule has 94 valence electrons. The third kappa shape index (κ3) is 4.23. The maximum absolute atomic E-state index is 11.7.